The molecule has 0 aliphatic carbocycles. The number of alkyl carbamates (subject to hydrolysis) is 2. The number of hydrogen-bond donors (Lipinski definition) is 8. The molecule has 0 heterocycles. The normalized spacial score (nSPS) is 8.41. The molecule has 1 aromatic rings. The van der Waals surface area contributed by atoms with Crippen molar-refractivity contribution in [1.82, 2.24) is 31.9 Å². The number of benzene rings is 1. The SMILES string of the molecule is COC(=O)NC(=S)Nc1ccccc1NC(=S)NC(=O)OC.S=C([S-])NCCNC(=S)[S-].S=C([S-])NCCNC(=S)[S-].[Mn+2].[Zn+2]. The average Bonchev–Trinajstić information content (AvgIpc) is 2.90. The summed E-state index contributed by atoms with van der Waals surface area (Å²) < 4.78 is 10.4. The van der Waals surface area contributed by atoms with Crippen LogP contribution < -0.4 is 42.5 Å². The second-order valence-electron chi connectivity index (χ2n) is 6.54. The Hall–Kier alpha value is -0.877. The van der Waals surface area contributed by atoms with E-state index in [1.165, 1.54) is 14.2 Å². The smallest absolute Gasteiger partial charge is 0.453 e. The number of amides is 2. The van der Waals surface area contributed by atoms with E-state index in [-0.39, 0.29) is 46.8 Å². The van der Waals surface area contributed by atoms with Crippen molar-refractivity contribution in [3.8, 4) is 0 Å². The Balaban J connectivity index is -0.000000306. The van der Waals surface area contributed by atoms with Gasteiger partial charge in [-0.15, -0.1) is 0 Å². The van der Waals surface area contributed by atoms with Crippen molar-refractivity contribution in [2.75, 3.05) is 51.0 Å². The maximum atomic E-state index is 11.1. The second-order valence-corrected chi connectivity index (χ2v) is 11.7. The molecule has 0 bridgehead atoms. The van der Waals surface area contributed by atoms with Gasteiger partial charge in [-0.1, -0.05) is 29.4 Å². The standard InChI is InChI=1S/C12H14N4O4S2.2C4H8N2S4.Mn.Zn/c1-19-11(17)15-9(21)13-7-5-3-4-6-8(7)14-10(22)16-12(18)20-2;2*7-3(8)5-1-2-6-4(9)10;;/h3-6H,1-2H3,(H2,13,15,17,21)(H2,14,16,18,22);2*1-2H2,(H2,5,7,8)(H2,6,9,10);;/q;;;2*+2/p-4. The van der Waals surface area contributed by atoms with Crippen molar-refractivity contribution in [1.29, 1.82) is 0 Å². The van der Waals surface area contributed by atoms with Crippen LogP contribution in [0, 0.1) is 0 Å². The molecule has 0 unspecified atom stereocenters. The molecule has 12 nitrogen and oxygen atoms in total. The Morgan fingerprint density at radius 2 is 0.864 bits per heavy atom. The number of carbonyl (C=O) groups excluding carboxylic acids is 2. The van der Waals surface area contributed by atoms with Crippen LogP contribution in [0.5, 0.6) is 0 Å². The molecule has 0 saturated carbocycles. The van der Waals surface area contributed by atoms with E-state index >= 15 is 0 Å². The molecule has 0 atom stereocenters. The van der Waals surface area contributed by atoms with Gasteiger partial charge >= 0.3 is 48.7 Å². The van der Waals surface area contributed by atoms with E-state index in [1.54, 1.807) is 24.3 Å². The van der Waals surface area contributed by atoms with Crippen LogP contribution in [0.2, 0.25) is 0 Å². The Labute approximate surface area is 334 Å². The van der Waals surface area contributed by atoms with Crippen LogP contribution in [0.3, 0.4) is 0 Å². The fourth-order valence-electron chi connectivity index (χ4n) is 1.95. The molecule has 44 heavy (non-hydrogen) atoms. The van der Waals surface area contributed by atoms with Crippen LogP contribution in [-0.4, -0.2) is 80.1 Å². The fourth-order valence-corrected chi connectivity index (χ4v) is 3.16. The molecule has 0 saturated heterocycles. The number of thiocarbonyl (C=S) groups is 6. The van der Waals surface area contributed by atoms with Gasteiger partial charge in [-0.3, -0.25) is 10.6 Å². The largest absolute Gasteiger partial charge is 2.00 e. The molecular formula is C20H26MnN8O4S10Zn. The van der Waals surface area contributed by atoms with E-state index in [9.17, 15) is 9.59 Å². The zero-order valence-electron chi connectivity index (χ0n) is 22.9. The molecule has 0 aliphatic heterocycles. The predicted molar refractivity (Wildman–Crippen MR) is 202 cm³/mol. The zero-order chi connectivity index (χ0) is 32.5. The average molecular weight is 883 g/mol. The topological polar surface area (TPSA) is 149 Å². The van der Waals surface area contributed by atoms with Crippen molar-refractivity contribution in [2.45, 2.75) is 0 Å². The molecule has 1 rings (SSSR count). The van der Waals surface area contributed by atoms with Crippen LogP contribution in [-0.2, 0) is 96.5 Å². The zero-order valence-corrected chi connectivity index (χ0v) is 35.3. The molecular weight excluding hydrogens is 857 g/mol. The molecule has 0 aromatic heterocycles. The third-order valence-corrected chi connectivity index (χ3v) is 5.12. The molecule has 0 aliphatic rings. The number of carbonyl (C=O) groups is 2. The summed E-state index contributed by atoms with van der Waals surface area (Å²) in [6, 6.07) is 6.92. The molecule has 1 aromatic carbocycles. The van der Waals surface area contributed by atoms with Crippen molar-refractivity contribution in [3.05, 3.63) is 24.3 Å². The summed E-state index contributed by atoms with van der Waals surface area (Å²) in [6.07, 6.45) is -1.38. The number of rotatable bonds is 8. The van der Waals surface area contributed by atoms with E-state index in [2.05, 4.69) is 151 Å². The first-order valence-electron chi connectivity index (χ1n) is 10.9. The Morgan fingerprint density at radius 3 is 1.07 bits per heavy atom. The Kier molecular flexibility index (Phi) is 36.4. The first-order chi connectivity index (χ1) is 19.7. The summed E-state index contributed by atoms with van der Waals surface area (Å²) >= 11 is 46.7. The third-order valence-electron chi connectivity index (χ3n) is 3.55. The van der Waals surface area contributed by atoms with Gasteiger partial charge in [0.05, 0.1) is 25.6 Å². The maximum absolute atomic E-state index is 11.1. The third kappa shape index (κ3) is 34.0. The van der Waals surface area contributed by atoms with E-state index in [1.807, 2.05) is 0 Å². The molecule has 0 spiro atoms. The van der Waals surface area contributed by atoms with Crippen LogP contribution in [0.1, 0.15) is 0 Å². The number of methoxy groups -OCH3 is 2. The van der Waals surface area contributed by atoms with Crippen LogP contribution in [0.15, 0.2) is 24.3 Å². The number of anilines is 2. The minimum atomic E-state index is -0.689. The quantitative estimate of drug-likeness (QED) is 0.0824. The first kappa shape index (κ1) is 50.0. The Morgan fingerprint density at radius 1 is 0.614 bits per heavy atom. The van der Waals surface area contributed by atoms with E-state index in [0.29, 0.717) is 54.8 Å². The van der Waals surface area contributed by atoms with Gasteiger partial charge in [0.25, 0.3) is 0 Å². The summed E-state index contributed by atoms with van der Waals surface area (Å²) in [5.74, 6) is 0. The summed E-state index contributed by atoms with van der Waals surface area (Å²) in [7, 11) is 2.45. The summed E-state index contributed by atoms with van der Waals surface area (Å²) in [6.45, 7) is 2.66. The molecule has 1 radical (unpaired) electrons. The molecule has 0 fully saturated rings. The minimum absolute atomic E-state index is 0. The van der Waals surface area contributed by atoms with Crippen LogP contribution in [0.25, 0.3) is 0 Å². The van der Waals surface area contributed by atoms with Gasteiger partial charge in [0.2, 0.25) is 0 Å². The first-order valence-corrected chi connectivity index (χ1v) is 15.0. The van der Waals surface area contributed by atoms with E-state index in [0.717, 1.165) is 0 Å². The van der Waals surface area contributed by atoms with Crippen molar-refractivity contribution >= 4 is 175 Å². The van der Waals surface area contributed by atoms with Crippen molar-refractivity contribution in [3.63, 3.8) is 0 Å². The summed E-state index contributed by atoms with van der Waals surface area (Å²) in [5.41, 5.74) is 1.08. The van der Waals surface area contributed by atoms with Gasteiger partial charge in [0, 0.05) is 26.2 Å². The van der Waals surface area contributed by atoms with Gasteiger partial charge in [-0.25, -0.2) is 9.59 Å². The second kappa shape index (κ2) is 32.1. The monoisotopic (exact) mass is 881 g/mol. The molecule has 2 amide bonds. The maximum Gasteiger partial charge on any atom is 2.00 e. The number of ether oxygens (including phenoxy) is 2. The van der Waals surface area contributed by atoms with Crippen LogP contribution in [0.4, 0.5) is 21.0 Å². The van der Waals surface area contributed by atoms with E-state index in [4.69, 9.17) is 24.4 Å². The van der Waals surface area contributed by atoms with Gasteiger partial charge in [-0.2, -0.15) is 0 Å². The number of para-hydroxylation sites is 2. The molecule has 239 valence electrons. The summed E-state index contributed by atoms with van der Waals surface area (Å²) in [5, 5.41) is 21.4. The fraction of sp³-hybridized carbons (Fsp3) is 0.300. The van der Waals surface area contributed by atoms with Crippen LogP contribution >= 0.6 is 73.3 Å². The summed E-state index contributed by atoms with van der Waals surface area (Å²) in [4.78, 5) is 22.1. The van der Waals surface area contributed by atoms with Gasteiger partial charge in [0.15, 0.2) is 10.2 Å². The van der Waals surface area contributed by atoms with Crippen molar-refractivity contribution in [2.24, 2.45) is 0 Å². The van der Waals surface area contributed by atoms with Gasteiger partial charge in [0.1, 0.15) is 0 Å². The molecule has 8 N–H and O–H groups in total. The van der Waals surface area contributed by atoms with Gasteiger partial charge in [-0.05, 0) is 36.6 Å². The van der Waals surface area contributed by atoms with E-state index < -0.39 is 12.2 Å². The van der Waals surface area contributed by atoms with Gasteiger partial charge < -0.3 is 141 Å². The number of hydrogen-bond acceptors (Lipinski definition) is 14. The number of nitrogens with one attached hydrogen (secondary N) is 8. The minimum Gasteiger partial charge on any atom is -0.453 e. The van der Waals surface area contributed by atoms with Crippen molar-refractivity contribution < 1.29 is 55.6 Å². The predicted octanol–water partition coefficient (Wildman–Crippen LogP) is 1.45. The molecule has 24 heteroatoms. The Bertz CT molecular complexity index is 995.